The predicted molar refractivity (Wildman–Crippen MR) is 57.6 cm³/mol. The van der Waals surface area contributed by atoms with E-state index in [1.807, 2.05) is 19.6 Å². The van der Waals surface area contributed by atoms with Gasteiger partial charge >= 0.3 is 12.1 Å². The van der Waals surface area contributed by atoms with Gasteiger partial charge in [0.05, 0.1) is 5.38 Å². The first-order chi connectivity index (χ1) is 7.87. The zero-order chi connectivity index (χ0) is 14.4. The van der Waals surface area contributed by atoms with E-state index < -0.39 is 32.0 Å². The Hall–Kier alpha value is -0.893. The maximum atomic E-state index is 12.9. The van der Waals surface area contributed by atoms with Crippen molar-refractivity contribution in [2.24, 2.45) is 0 Å². The first-order valence-electron chi connectivity index (χ1n) is 5.10. The van der Waals surface area contributed by atoms with Crippen LogP contribution < -0.4 is 5.38 Å². The van der Waals surface area contributed by atoms with Crippen molar-refractivity contribution in [1.29, 1.82) is 0 Å². The average Bonchev–Trinajstić information content (AvgIpc) is 2.62. The lowest BCUT2D eigenvalue weighted by molar-refractivity contribution is -0.317. The lowest BCUT2D eigenvalue weighted by Crippen LogP contribution is -2.42. The van der Waals surface area contributed by atoms with E-state index >= 15 is 0 Å². The van der Waals surface area contributed by atoms with Crippen LogP contribution in [-0.4, -0.2) is 25.3 Å². The van der Waals surface area contributed by atoms with Crippen LogP contribution >= 0.6 is 0 Å². The van der Waals surface area contributed by atoms with Crippen LogP contribution in [0.4, 0.5) is 22.0 Å². The van der Waals surface area contributed by atoms with Gasteiger partial charge in [0.15, 0.2) is 6.10 Å². The predicted octanol–water partition coefficient (Wildman–Crippen LogP) is 3.06. The van der Waals surface area contributed by atoms with Gasteiger partial charge in [-0.3, -0.25) is 0 Å². The highest BCUT2D eigenvalue weighted by atomic mass is 28.3. The molecule has 0 aliphatic rings. The normalized spacial score (nSPS) is 15.8. The summed E-state index contributed by atoms with van der Waals surface area (Å²) < 4.78 is 66.9. The molecule has 1 unspecified atom stereocenters. The lowest BCUT2D eigenvalue weighted by Gasteiger charge is -2.23. The Morgan fingerprint density at radius 2 is 1.61 bits per heavy atom. The molecular weight excluding hydrogens is 275 g/mol. The van der Waals surface area contributed by atoms with E-state index in [2.05, 4.69) is 0 Å². The van der Waals surface area contributed by atoms with E-state index in [1.165, 1.54) is 6.07 Å². The summed E-state index contributed by atoms with van der Waals surface area (Å²) in [4.78, 5) is 0. The van der Waals surface area contributed by atoms with Crippen LogP contribution in [0.5, 0.6) is 0 Å². The molecule has 1 rings (SSSR count). The van der Waals surface area contributed by atoms with Crippen molar-refractivity contribution in [1.82, 2.24) is 0 Å². The van der Waals surface area contributed by atoms with Crippen LogP contribution in [0.2, 0.25) is 19.6 Å². The molecule has 104 valence electrons. The van der Waals surface area contributed by atoms with Crippen LogP contribution in [0.1, 0.15) is 11.9 Å². The Morgan fingerprint density at radius 1 is 1.11 bits per heavy atom. The van der Waals surface area contributed by atoms with Gasteiger partial charge < -0.3 is 9.52 Å². The van der Waals surface area contributed by atoms with E-state index in [0.29, 0.717) is 5.38 Å². The van der Waals surface area contributed by atoms with E-state index in [4.69, 9.17) is 9.52 Å². The number of furan rings is 1. The minimum Gasteiger partial charge on any atom is -0.468 e. The van der Waals surface area contributed by atoms with Crippen molar-refractivity contribution in [2.45, 2.75) is 37.8 Å². The molecule has 0 amide bonds. The molecule has 0 aliphatic carbocycles. The number of aliphatic hydroxyl groups is 1. The average molecular weight is 288 g/mol. The number of hydrogen-bond donors (Lipinski definition) is 1. The van der Waals surface area contributed by atoms with Crippen molar-refractivity contribution < 1.29 is 31.5 Å². The second-order valence-corrected chi connectivity index (χ2v) is 9.97. The van der Waals surface area contributed by atoms with Crippen molar-refractivity contribution >= 4 is 13.5 Å². The van der Waals surface area contributed by atoms with Crippen LogP contribution in [0.3, 0.4) is 0 Å². The topological polar surface area (TPSA) is 33.4 Å². The monoisotopic (exact) mass is 288 g/mol. The quantitative estimate of drug-likeness (QED) is 0.685. The van der Waals surface area contributed by atoms with E-state index in [9.17, 15) is 22.0 Å². The lowest BCUT2D eigenvalue weighted by atomic mass is 10.1. The molecule has 0 aromatic carbocycles. The summed E-state index contributed by atoms with van der Waals surface area (Å²) in [6.45, 7) is 5.51. The molecule has 1 aromatic rings. The van der Waals surface area contributed by atoms with Gasteiger partial charge in [0.2, 0.25) is 0 Å². The molecule has 1 atom stereocenters. The number of alkyl halides is 5. The smallest absolute Gasteiger partial charge is 0.456 e. The van der Waals surface area contributed by atoms with E-state index in [-0.39, 0.29) is 0 Å². The Balaban J connectivity index is 3.06. The fourth-order valence-electron chi connectivity index (χ4n) is 1.24. The van der Waals surface area contributed by atoms with Crippen LogP contribution in [0.15, 0.2) is 16.5 Å². The zero-order valence-corrected chi connectivity index (χ0v) is 11.0. The molecule has 1 N–H and O–H groups in total. The summed E-state index contributed by atoms with van der Waals surface area (Å²) in [6, 6.07) is 2.29. The molecule has 18 heavy (non-hydrogen) atoms. The summed E-state index contributed by atoms with van der Waals surface area (Å²) in [6.07, 6.45) is -8.85. The molecule has 0 saturated carbocycles. The summed E-state index contributed by atoms with van der Waals surface area (Å²) in [7, 11) is -1.97. The number of rotatable bonds is 3. The van der Waals surface area contributed by atoms with Crippen LogP contribution in [0.25, 0.3) is 0 Å². The van der Waals surface area contributed by atoms with Gasteiger partial charge in [-0.1, -0.05) is 19.6 Å². The molecule has 2 nitrogen and oxygen atoms in total. The molecule has 0 spiro atoms. The molecule has 0 bridgehead atoms. The molecule has 0 saturated heterocycles. The zero-order valence-electron chi connectivity index (χ0n) is 9.98. The Morgan fingerprint density at radius 3 is 1.94 bits per heavy atom. The molecule has 0 radical (unpaired) electrons. The third-order valence-corrected chi connectivity index (χ3v) is 4.10. The maximum absolute atomic E-state index is 12.9. The molecule has 1 aromatic heterocycles. The second-order valence-electron chi connectivity index (χ2n) is 4.98. The fourth-order valence-corrected chi connectivity index (χ4v) is 2.24. The summed E-state index contributed by atoms with van der Waals surface area (Å²) in [5, 5.41) is 9.47. The van der Waals surface area contributed by atoms with Gasteiger partial charge in [0.1, 0.15) is 13.8 Å². The summed E-state index contributed by atoms with van der Waals surface area (Å²) in [5.74, 6) is -6.00. The van der Waals surface area contributed by atoms with Gasteiger partial charge in [-0.05, 0) is 12.1 Å². The van der Waals surface area contributed by atoms with E-state index in [1.54, 1.807) is 0 Å². The van der Waals surface area contributed by atoms with Gasteiger partial charge in [-0.15, -0.1) is 0 Å². The third-order valence-electron chi connectivity index (χ3n) is 2.36. The summed E-state index contributed by atoms with van der Waals surface area (Å²) >= 11 is 0. The highest BCUT2D eigenvalue weighted by molar-refractivity contribution is 6.87. The highest BCUT2D eigenvalue weighted by Gasteiger charge is 2.63. The first kappa shape index (κ1) is 15.2. The van der Waals surface area contributed by atoms with E-state index in [0.717, 1.165) is 6.07 Å². The highest BCUT2D eigenvalue weighted by Crippen LogP contribution is 2.44. The molecule has 0 fully saturated rings. The molecular formula is C10H13F5O2Si. The van der Waals surface area contributed by atoms with Crippen molar-refractivity contribution in [3.8, 4) is 0 Å². The van der Waals surface area contributed by atoms with Gasteiger partial charge in [-0.25, -0.2) is 0 Å². The minimum absolute atomic E-state index is 0.356. The first-order valence-corrected chi connectivity index (χ1v) is 8.60. The molecule has 0 aliphatic heterocycles. The Labute approximate surface area is 101 Å². The Kier molecular flexibility index (Phi) is 3.66. The summed E-state index contributed by atoms with van der Waals surface area (Å²) in [5.41, 5.74) is 0. The van der Waals surface area contributed by atoms with Crippen LogP contribution in [0, 0.1) is 0 Å². The Bertz CT molecular complexity index is 419. The standard InChI is InChI=1S/C10H13F5O2Si/c1-18(2,3)7-5-4-6(17-7)8(16)9(11,12)10(13,14)15/h4-5,8,16H,1-3H3. The fraction of sp³-hybridized carbons (Fsp3) is 0.600. The van der Waals surface area contributed by atoms with Gasteiger partial charge in [0.25, 0.3) is 0 Å². The largest absolute Gasteiger partial charge is 0.468 e. The SMILES string of the molecule is C[Si](C)(C)c1ccc(C(O)C(F)(F)C(F)(F)F)o1. The van der Waals surface area contributed by atoms with Gasteiger partial charge in [-0.2, -0.15) is 22.0 Å². The number of halogens is 5. The number of aliphatic hydroxyl groups excluding tert-OH is 1. The number of hydrogen-bond acceptors (Lipinski definition) is 2. The van der Waals surface area contributed by atoms with Gasteiger partial charge in [0, 0.05) is 0 Å². The van der Waals surface area contributed by atoms with Crippen molar-refractivity contribution in [3.63, 3.8) is 0 Å². The minimum atomic E-state index is -5.82. The van der Waals surface area contributed by atoms with Crippen LogP contribution in [-0.2, 0) is 0 Å². The third kappa shape index (κ3) is 2.74. The van der Waals surface area contributed by atoms with Crippen molar-refractivity contribution in [2.75, 3.05) is 0 Å². The second kappa shape index (κ2) is 4.34. The van der Waals surface area contributed by atoms with Crippen molar-refractivity contribution in [3.05, 3.63) is 17.9 Å². The maximum Gasteiger partial charge on any atom is 0.456 e. The molecule has 1 heterocycles. The molecule has 8 heteroatoms.